The van der Waals surface area contributed by atoms with Crippen LogP contribution in [0.15, 0.2) is 70.5 Å². The number of benzene rings is 1. The molecule has 1 aliphatic carbocycles. The molecule has 1 N–H and O–H groups in total. The second-order valence-electron chi connectivity index (χ2n) is 9.55. The van der Waals surface area contributed by atoms with Crippen molar-refractivity contribution in [3.8, 4) is 11.5 Å². The van der Waals surface area contributed by atoms with E-state index in [0.717, 1.165) is 29.4 Å². The van der Waals surface area contributed by atoms with Gasteiger partial charge in [0.25, 0.3) is 5.56 Å². The van der Waals surface area contributed by atoms with E-state index in [1.54, 1.807) is 29.1 Å². The van der Waals surface area contributed by atoms with Crippen LogP contribution in [-0.4, -0.2) is 29.9 Å². The molecule has 10 heteroatoms. The second-order valence-corrected chi connectivity index (χ2v) is 9.55. The highest BCUT2D eigenvalue weighted by molar-refractivity contribution is 5.81. The first-order valence-corrected chi connectivity index (χ1v) is 12.4. The number of aromatic nitrogens is 5. The van der Waals surface area contributed by atoms with Gasteiger partial charge in [0.15, 0.2) is 0 Å². The maximum absolute atomic E-state index is 13.3. The molecule has 0 radical (unpaired) electrons. The van der Waals surface area contributed by atoms with E-state index in [2.05, 4.69) is 15.3 Å². The molecule has 38 heavy (non-hydrogen) atoms. The zero-order valence-corrected chi connectivity index (χ0v) is 21.0. The van der Waals surface area contributed by atoms with Gasteiger partial charge in [0.05, 0.1) is 22.9 Å². The van der Waals surface area contributed by atoms with Gasteiger partial charge in [-0.2, -0.15) is 0 Å². The maximum Gasteiger partial charge on any atom is 0.274 e. The number of anilines is 2. The molecular formula is C28H26N6O4. The zero-order valence-electron chi connectivity index (χ0n) is 21.0. The average molecular weight is 511 g/mol. The topological polar surface area (TPSA) is 117 Å². The van der Waals surface area contributed by atoms with Crippen LogP contribution in [0, 0.1) is 0 Å². The molecule has 0 unspecified atom stereocenters. The van der Waals surface area contributed by atoms with E-state index in [1.165, 1.54) is 13.2 Å². The lowest BCUT2D eigenvalue weighted by atomic mass is 10.2. The standard InChI is InChI=1S/C28H26N6O4/c1-17(35)11-20-13-22(7-8-29-20)38-21-5-6-23-25(14-21)33(2)28(31-23)32-24-12-19(18-3-4-18)15-34(27(24)36)16-26-30-9-10-37-26/h5-10,12-15,18H,3-4,11,16H2,1-2H3,(H,31,32). The SMILES string of the molecule is CC(=O)Cc1cc(Oc2ccc3nc(Nc4cc(C5CC5)cn(Cc5ncco5)c4=O)n(C)c3c2)ccn1. The molecule has 5 aromatic rings. The van der Waals surface area contributed by atoms with E-state index >= 15 is 0 Å². The molecule has 1 fully saturated rings. The van der Waals surface area contributed by atoms with Crippen LogP contribution in [-0.2, 0) is 24.8 Å². The number of ether oxygens (including phenoxy) is 1. The fourth-order valence-electron chi connectivity index (χ4n) is 4.46. The summed E-state index contributed by atoms with van der Waals surface area (Å²) in [6, 6.07) is 11.0. The van der Waals surface area contributed by atoms with E-state index in [1.807, 2.05) is 42.1 Å². The number of oxazole rings is 1. The summed E-state index contributed by atoms with van der Waals surface area (Å²) in [4.78, 5) is 37.9. The molecule has 0 atom stereocenters. The number of Topliss-reactive ketones (excluding diaryl/α,β-unsaturated/α-hetero) is 1. The van der Waals surface area contributed by atoms with Crippen molar-refractivity contribution in [2.45, 2.75) is 38.6 Å². The Morgan fingerprint density at radius 1 is 1.13 bits per heavy atom. The van der Waals surface area contributed by atoms with Gasteiger partial charge in [0.1, 0.15) is 35.8 Å². The number of nitrogens with zero attached hydrogens (tertiary/aromatic N) is 5. The number of carbonyl (C=O) groups excluding carboxylic acids is 1. The van der Waals surface area contributed by atoms with Crippen LogP contribution >= 0.6 is 0 Å². The Labute approximate surface area is 217 Å². The Kier molecular flexibility index (Phi) is 5.99. The third-order valence-electron chi connectivity index (χ3n) is 6.50. The lowest BCUT2D eigenvalue weighted by molar-refractivity contribution is -0.116. The minimum absolute atomic E-state index is 0.0399. The number of rotatable bonds is 9. The van der Waals surface area contributed by atoms with Gasteiger partial charge < -0.3 is 23.6 Å². The minimum atomic E-state index is -0.178. The van der Waals surface area contributed by atoms with Crippen LogP contribution in [0.2, 0.25) is 0 Å². The van der Waals surface area contributed by atoms with Crippen LogP contribution in [0.25, 0.3) is 11.0 Å². The molecular weight excluding hydrogens is 484 g/mol. The van der Waals surface area contributed by atoms with Gasteiger partial charge in [-0.05, 0) is 55.5 Å². The van der Waals surface area contributed by atoms with Gasteiger partial charge >= 0.3 is 0 Å². The van der Waals surface area contributed by atoms with Gasteiger partial charge in [0.2, 0.25) is 11.8 Å². The predicted molar refractivity (Wildman–Crippen MR) is 141 cm³/mol. The van der Waals surface area contributed by atoms with E-state index < -0.39 is 0 Å². The number of nitrogens with one attached hydrogen (secondary N) is 1. The van der Waals surface area contributed by atoms with Crippen molar-refractivity contribution in [2.75, 3.05) is 5.32 Å². The molecule has 0 saturated heterocycles. The number of ketones is 1. The molecule has 0 amide bonds. The fourth-order valence-corrected chi connectivity index (χ4v) is 4.46. The van der Waals surface area contributed by atoms with Crippen molar-refractivity contribution in [3.63, 3.8) is 0 Å². The summed E-state index contributed by atoms with van der Waals surface area (Å²) in [6.45, 7) is 1.79. The second kappa shape index (κ2) is 9.62. The van der Waals surface area contributed by atoms with Crippen LogP contribution in [0.4, 0.5) is 11.6 Å². The lowest BCUT2D eigenvalue weighted by Crippen LogP contribution is -2.24. The first-order valence-electron chi connectivity index (χ1n) is 12.4. The molecule has 1 aliphatic rings. The first-order chi connectivity index (χ1) is 18.4. The predicted octanol–water partition coefficient (Wildman–Crippen LogP) is 4.71. The van der Waals surface area contributed by atoms with Gasteiger partial charge in [-0.3, -0.25) is 14.6 Å². The van der Waals surface area contributed by atoms with E-state index in [0.29, 0.717) is 40.6 Å². The highest BCUT2D eigenvalue weighted by Crippen LogP contribution is 2.40. The molecule has 0 aliphatic heterocycles. The molecule has 1 saturated carbocycles. The highest BCUT2D eigenvalue weighted by atomic mass is 16.5. The van der Waals surface area contributed by atoms with Crippen molar-refractivity contribution in [1.29, 1.82) is 0 Å². The third kappa shape index (κ3) is 4.93. The summed E-state index contributed by atoms with van der Waals surface area (Å²) in [6.07, 6.45) is 9.08. The van der Waals surface area contributed by atoms with Gasteiger partial charge in [-0.25, -0.2) is 9.97 Å². The number of imidazole rings is 1. The third-order valence-corrected chi connectivity index (χ3v) is 6.50. The van der Waals surface area contributed by atoms with E-state index in [-0.39, 0.29) is 24.3 Å². The molecule has 0 spiro atoms. The molecule has 6 rings (SSSR count). The van der Waals surface area contributed by atoms with Crippen LogP contribution < -0.4 is 15.6 Å². The average Bonchev–Trinajstić information content (AvgIpc) is 3.53. The maximum atomic E-state index is 13.3. The molecule has 4 heterocycles. The van der Waals surface area contributed by atoms with Gasteiger partial charge in [-0.15, -0.1) is 0 Å². The number of carbonyl (C=O) groups is 1. The molecule has 192 valence electrons. The van der Waals surface area contributed by atoms with Crippen molar-refractivity contribution in [1.82, 2.24) is 24.1 Å². The Morgan fingerprint density at radius 3 is 2.74 bits per heavy atom. The number of hydrogen-bond donors (Lipinski definition) is 1. The van der Waals surface area contributed by atoms with Crippen LogP contribution in [0.3, 0.4) is 0 Å². The summed E-state index contributed by atoms with van der Waals surface area (Å²) in [5.74, 6) is 2.73. The minimum Gasteiger partial charge on any atom is -0.457 e. The molecule has 4 aromatic heterocycles. The van der Waals surface area contributed by atoms with Gasteiger partial charge in [-0.1, -0.05) is 0 Å². The highest BCUT2D eigenvalue weighted by Gasteiger charge is 2.26. The van der Waals surface area contributed by atoms with E-state index in [9.17, 15) is 9.59 Å². The summed E-state index contributed by atoms with van der Waals surface area (Å²) in [7, 11) is 1.88. The normalized spacial score (nSPS) is 13.1. The Bertz CT molecular complexity index is 1700. The summed E-state index contributed by atoms with van der Waals surface area (Å²) in [5.41, 5.74) is 3.63. The number of hydrogen-bond acceptors (Lipinski definition) is 8. The number of fused-ring (bicyclic) bond motifs is 1. The summed E-state index contributed by atoms with van der Waals surface area (Å²) in [5, 5.41) is 3.25. The summed E-state index contributed by atoms with van der Waals surface area (Å²) >= 11 is 0. The largest absolute Gasteiger partial charge is 0.457 e. The van der Waals surface area contributed by atoms with Crippen LogP contribution in [0.1, 0.15) is 42.8 Å². The first kappa shape index (κ1) is 23.7. The number of aryl methyl sites for hydroxylation is 1. The Hall–Kier alpha value is -4.73. The Balaban J connectivity index is 1.29. The summed E-state index contributed by atoms with van der Waals surface area (Å²) < 4.78 is 14.9. The Morgan fingerprint density at radius 2 is 1.97 bits per heavy atom. The van der Waals surface area contributed by atoms with Gasteiger partial charge in [0, 0.05) is 38.0 Å². The lowest BCUT2D eigenvalue weighted by Gasteiger charge is -2.12. The fraction of sp³-hybridized carbons (Fsp3) is 0.250. The molecule has 1 aromatic carbocycles. The van der Waals surface area contributed by atoms with Crippen molar-refractivity contribution in [2.24, 2.45) is 7.05 Å². The molecule has 0 bridgehead atoms. The number of pyridine rings is 2. The quantitative estimate of drug-likeness (QED) is 0.303. The monoisotopic (exact) mass is 510 g/mol. The zero-order chi connectivity index (χ0) is 26.2. The van der Waals surface area contributed by atoms with Crippen LogP contribution in [0.5, 0.6) is 11.5 Å². The van der Waals surface area contributed by atoms with E-state index in [4.69, 9.17) is 14.1 Å². The smallest absolute Gasteiger partial charge is 0.274 e. The van der Waals surface area contributed by atoms with Crippen molar-refractivity contribution >= 4 is 28.5 Å². The van der Waals surface area contributed by atoms with Crippen molar-refractivity contribution < 1.29 is 13.9 Å². The van der Waals surface area contributed by atoms with Crippen molar-refractivity contribution in [3.05, 3.63) is 88.8 Å². The molecule has 10 nitrogen and oxygen atoms in total.